The summed E-state index contributed by atoms with van der Waals surface area (Å²) in [6.45, 7) is 0. The first-order valence-corrected chi connectivity index (χ1v) is 14.9. The summed E-state index contributed by atoms with van der Waals surface area (Å²) in [5.41, 5.74) is 10.8. The molecule has 0 bridgehead atoms. The Kier molecular flexibility index (Phi) is 5.07. The number of hydrogen-bond donors (Lipinski definition) is 0. The van der Waals surface area contributed by atoms with Gasteiger partial charge in [-0.1, -0.05) is 97.1 Å². The van der Waals surface area contributed by atoms with Crippen LogP contribution in [0.15, 0.2) is 140 Å². The number of thiophene rings is 1. The van der Waals surface area contributed by atoms with E-state index in [-0.39, 0.29) is 0 Å². The molecule has 0 N–H and O–H groups in total. The highest BCUT2D eigenvalue weighted by Crippen LogP contribution is 2.37. The van der Waals surface area contributed by atoms with Gasteiger partial charge in [0.15, 0.2) is 0 Å². The van der Waals surface area contributed by atoms with Gasteiger partial charge in [-0.25, -0.2) is 9.97 Å². The van der Waals surface area contributed by atoms with E-state index in [2.05, 4.69) is 120 Å². The molecule has 0 saturated carbocycles. The van der Waals surface area contributed by atoms with Gasteiger partial charge in [0.05, 0.1) is 16.7 Å². The normalized spacial score (nSPS) is 11.8. The largest absolute Gasteiger partial charge is 0.298 e. The number of pyridine rings is 2. The Morgan fingerprint density at radius 3 is 1.90 bits per heavy atom. The minimum absolute atomic E-state index is 0.926. The van der Waals surface area contributed by atoms with E-state index in [0.717, 1.165) is 38.8 Å². The van der Waals surface area contributed by atoms with Crippen molar-refractivity contribution in [3.05, 3.63) is 140 Å². The summed E-state index contributed by atoms with van der Waals surface area (Å²) < 4.78 is 4.82. The summed E-state index contributed by atoms with van der Waals surface area (Å²) in [6, 6.07) is 47.5. The third kappa shape index (κ3) is 3.59. The van der Waals surface area contributed by atoms with Crippen LogP contribution in [0.25, 0.3) is 81.3 Å². The van der Waals surface area contributed by atoms with E-state index in [1.807, 2.05) is 35.6 Å². The number of rotatable bonds is 3. The Morgan fingerprint density at radius 1 is 0.476 bits per heavy atom. The molecule has 5 aromatic carbocycles. The second-order valence-corrected chi connectivity index (χ2v) is 11.8. The summed E-state index contributed by atoms with van der Waals surface area (Å²) in [7, 11) is 0. The molecule has 9 aromatic rings. The number of nitrogens with zero attached hydrogens (tertiary/aromatic N) is 3. The molecular weight excluding hydrogens is 531 g/mol. The van der Waals surface area contributed by atoms with E-state index in [4.69, 9.17) is 9.97 Å². The molecule has 0 fully saturated rings. The third-order valence-corrected chi connectivity index (χ3v) is 9.38. The first-order valence-electron chi connectivity index (χ1n) is 14.1. The van der Waals surface area contributed by atoms with Crippen LogP contribution in [0.3, 0.4) is 0 Å². The standard InChI is InChI=1S/C38H23N3S/c1-3-9-32-30(8-1)37-38(41-22-6-5-11-35(41)40-37)36(39-32)27-18-16-25(17-19-27)24-12-14-26(15-13-24)28-20-21-34-31(23-28)29-7-2-4-10-33(29)42-34/h1-23H. The van der Waals surface area contributed by atoms with Gasteiger partial charge in [0.2, 0.25) is 0 Å². The first-order chi connectivity index (χ1) is 20.8. The van der Waals surface area contributed by atoms with Crippen LogP contribution in [0.4, 0.5) is 0 Å². The van der Waals surface area contributed by atoms with Gasteiger partial charge in [0.1, 0.15) is 11.2 Å². The molecule has 0 amide bonds. The molecular formula is C38H23N3S. The second-order valence-electron chi connectivity index (χ2n) is 10.7. The third-order valence-electron chi connectivity index (χ3n) is 8.23. The van der Waals surface area contributed by atoms with E-state index in [0.29, 0.717) is 0 Å². The molecule has 4 heteroatoms. The van der Waals surface area contributed by atoms with Crippen LogP contribution in [-0.4, -0.2) is 14.4 Å². The number of hydrogen-bond acceptors (Lipinski definition) is 3. The number of aromatic nitrogens is 3. The molecule has 4 aromatic heterocycles. The highest BCUT2D eigenvalue weighted by Gasteiger charge is 2.16. The maximum atomic E-state index is 5.12. The minimum atomic E-state index is 0.926. The zero-order valence-corrected chi connectivity index (χ0v) is 23.3. The molecule has 0 spiro atoms. The van der Waals surface area contributed by atoms with E-state index >= 15 is 0 Å². The molecule has 0 atom stereocenters. The monoisotopic (exact) mass is 553 g/mol. The lowest BCUT2D eigenvalue weighted by atomic mass is 9.98. The van der Waals surface area contributed by atoms with Crippen molar-refractivity contribution in [3.63, 3.8) is 0 Å². The van der Waals surface area contributed by atoms with Gasteiger partial charge in [0.25, 0.3) is 0 Å². The van der Waals surface area contributed by atoms with Crippen molar-refractivity contribution < 1.29 is 0 Å². The maximum absolute atomic E-state index is 5.12. The van der Waals surface area contributed by atoms with E-state index in [1.165, 1.54) is 42.4 Å². The molecule has 0 unspecified atom stereocenters. The Balaban J connectivity index is 1.09. The molecule has 0 aliphatic heterocycles. The fourth-order valence-corrected chi connectivity index (χ4v) is 7.22. The average Bonchev–Trinajstić information content (AvgIpc) is 3.63. The zero-order chi connectivity index (χ0) is 27.6. The Labute approximate surface area is 246 Å². The lowest BCUT2D eigenvalue weighted by Gasteiger charge is -2.09. The van der Waals surface area contributed by atoms with Gasteiger partial charge >= 0.3 is 0 Å². The number of benzene rings is 5. The number of para-hydroxylation sites is 1. The summed E-state index contributed by atoms with van der Waals surface area (Å²) in [4.78, 5) is 10.1. The van der Waals surface area contributed by atoms with Crippen molar-refractivity contribution >= 4 is 59.1 Å². The van der Waals surface area contributed by atoms with Crippen molar-refractivity contribution in [1.29, 1.82) is 0 Å². The van der Waals surface area contributed by atoms with E-state index in [9.17, 15) is 0 Å². The number of fused-ring (bicyclic) bond motifs is 8. The van der Waals surface area contributed by atoms with Gasteiger partial charge < -0.3 is 0 Å². The molecule has 0 aliphatic rings. The fraction of sp³-hybridized carbons (Fsp3) is 0. The van der Waals surface area contributed by atoms with Gasteiger partial charge in [0, 0.05) is 37.3 Å². The molecule has 9 rings (SSSR count). The van der Waals surface area contributed by atoms with Crippen LogP contribution < -0.4 is 0 Å². The van der Waals surface area contributed by atoms with Crippen LogP contribution in [0, 0.1) is 0 Å². The minimum Gasteiger partial charge on any atom is -0.298 e. The molecule has 42 heavy (non-hydrogen) atoms. The van der Waals surface area contributed by atoms with Crippen LogP contribution in [0.2, 0.25) is 0 Å². The van der Waals surface area contributed by atoms with Gasteiger partial charge in [-0.05, 0) is 58.7 Å². The van der Waals surface area contributed by atoms with E-state index < -0.39 is 0 Å². The van der Waals surface area contributed by atoms with Crippen LogP contribution >= 0.6 is 11.3 Å². The lowest BCUT2D eigenvalue weighted by Crippen LogP contribution is -1.92. The summed E-state index contributed by atoms with van der Waals surface area (Å²) in [6.07, 6.45) is 2.07. The zero-order valence-electron chi connectivity index (χ0n) is 22.5. The molecule has 0 aliphatic carbocycles. The van der Waals surface area contributed by atoms with Crippen LogP contribution in [0.5, 0.6) is 0 Å². The average molecular weight is 554 g/mol. The first kappa shape index (κ1) is 23.4. The predicted octanol–water partition coefficient (Wildman–Crippen LogP) is 10.4. The molecule has 0 radical (unpaired) electrons. The van der Waals surface area contributed by atoms with Crippen molar-refractivity contribution in [2.75, 3.05) is 0 Å². The Bertz CT molecular complexity index is 2450. The Hall–Kier alpha value is -5.32. The van der Waals surface area contributed by atoms with Crippen molar-refractivity contribution in [2.24, 2.45) is 0 Å². The fourth-order valence-electron chi connectivity index (χ4n) is 6.14. The quantitative estimate of drug-likeness (QED) is 0.218. The maximum Gasteiger partial charge on any atom is 0.137 e. The highest BCUT2D eigenvalue weighted by molar-refractivity contribution is 7.25. The second kappa shape index (κ2) is 9.10. The summed E-state index contributed by atoms with van der Waals surface area (Å²) in [5, 5.41) is 3.73. The Morgan fingerprint density at radius 2 is 1.10 bits per heavy atom. The molecule has 196 valence electrons. The number of imidazole rings is 1. The topological polar surface area (TPSA) is 30.2 Å². The van der Waals surface area contributed by atoms with Crippen molar-refractivity contribution in [3.8, 4) is 33.5 Å². The van der Waals surface area contributed by atoms with Crippen molar-refractivity contribution in [1.82, 2.24) is 14.4 Å². The van der Waals surface area contributed by atoms with Gasteiger partial charge in [-0.15, -0.1) is 11.3 Å². The SMILES string of the molecule is c1ccc2c(c1)nc(-c1ccc(-c3ccc(-c4ccc5sc6ccccc6c5c4)cc3)cc1)c1c2nc2ccccn21. The van der Waals surface area contributed by atoms with Crippen molar-refractivity contribution in [2.45, 2.75) is 0 Å². The predicted molar refractivity (Wildman–Crippen MR) is 177 cm³/mol. The summed E-state index contributed by atoms with van der Waals surface area (Å²) >= 11 is 1.86. The van der Waals surface area contributed by atoms with E-state index in [1.54, 1.807) is 0 Å². The van der Waals surface area contributed by atoms with Crippen LogP contribution in [-0.2, 0) is 0 Å². The van der Waals surface area contributed by atoms with Gasteiger partial charge in [-0.3, -0.25) is 4.40 Å². The smallest absolute Gasteiger partial charge is 0.137 e. The molecule has 0 saturated heterocycles. The molecule has 4 heterocycles. The lowest BCUT2D eigenvalue weighted by molar-refractivity contribution is 1.22. The molecule has 3 nitrogen and oxygen atoms in total. The summed E-state index contributed by atoms with van der Waals surface area (Å²) in [5.74, 6) is 0. The highest BCUT2D eigenvalue weighted by atomic mass is 32.1. The van der Waals surface area contributed by atoms with Crippen LogP contribution in [0.1, 0.15) is 0 Å². The van der Waals surface area contributed by atoms with Gasteiger partial charge in [-0.2, -0.15) is 0 Å².